The van der Waals surface area contributed by atoms with Gasteiger partial charge in [0.1, 0.15) is 0 Å². The molecule has 0 spiro atoms. The van der Waals surface area contributed by atoms with Crippen LogP contribution in [0.4, 0.5) is 5.69 Å². The molecule has 0 aliphatic carbocycles. The molecule has 3 N–H and O–H groups in total. The summed E-state index contributed by atoms with van der Waals surface area (Å²) in [6, 6.07) is 5.34. The Balaban J connectivity index is 2.29. The zero-order valence-corrected chi connectivity index (χ0v) is 14.3. The third-order valence-electron chi connectivity index (χ3n) is 2.97. The molecule has 0 saturated carbocycles. The van der Waals surface area contributed by atoms with Crippen LogP contribution in [0.15, 0.2) is 32.9 Å². The van der Waals surface area contributed by atoms with E-state index in [0.29, 0.717) is 16.8 Å². The molecule has 0 aliphatic heterocycles. The molecule has 2 aromatic rings. The summed E-state index contributed by atoms with van der Waals surface area (Å²) in [6.45, 7) is 3.76. The van der Waals surface area contributed by atoms with E-state index in [1.54, 1.807) is 26.0 Å². The van der Waals surface area contributed by atoms with E-state index in [0.717, 1.165) is 9.35 Å². The van der Waals surface area contributed by atoms with Crippen LogP contribution in [0.2, 0.25) is 0 Å². The van der Waals surface area contributed by atoms with Crippen molar-refractivity contribution in [2.24, 2.45) is 0 Å². The van der Waals surface area contributed by atoms with Gasteiger partial charge in [0.15, 0.2) is 0 Å². The maximum Gasteiger partial charge on any atom is 0.241 e. The second-order valence-corrected chi connectivity index (χ2v) is 8.10. The smallest absolute Gasteiger partial charge is 0.241 e. The van der Waals surface area contributed by atoms with Crippen LogP contribution < -0.4 is 10.5 Å². The summed E-state index contributed by atoms with van der Waals surface area (Å²) in [5, 5.41) is 1.92. The van der Waals surface area contributed by atoms with Crippen LogP contribution in [-0.4, -0.2) is 8.42 Å². The SMILES string of the molecule is Cc1ccc(N)c(C)c1S(=O)(=O)NCc1cc(Br)cs1. The number of nitrogens with one attached hydrogen (secondary N) is 1. The molecule has 1 heterocycles. The summed E-state index contributed by atoms with van der Waals surface area (Å²) in [5.74, 6) is 0. The van der Waals surface area contributed by atoms with Gasteiger partial charge in [0, 0.05) is 27.0 Å². The first-order valence-corrected chi connectivity index (χ1v) is 9.05. The number of benzene rings is 1. The van der Waals surface area contributed by atoms with Crippen molar-refractivity contribution in [3.05, 3.63) is 44.1 Å². The summed E-state index contributed by atoms with van der Waals surface area (Å²) in [4.78, 5) is 1.22. The highest BCUT2D eigenvalue weighted by molar-refractivity contribution is 9.10. The van der Waals surface area contributed by atoms with Crippen molar-refractivity contribution in [1.82, 2.24) is 4.72 Å². The monoisotopic (exact) mass is 374 g/mol. The van der Waals surface area contributed by atoms with Crippen LogP contribution in [0.25, 0.3) is 0 Å². The summed E-state index contributed by atoms with van der Waals surface area (Å²) >= 11 is 4.85. The number of hydrogen-bond acceptors (Lipinski definition) is 4. The number of hydrogen-bond donors (Lipinski definition) is 2. The van der Waals surface area contributed by atoms with E-state index in [2.05, 4.69) is 20.7 Å². The minimum Gasteiger partial charge on any atom is -0.398 e. The Morgan fingerprint density at radius 1 is 1.35 bits per heavy atom. The molecule has 0 bridgehead atoms. The Morgan fingerprint density at radius 2 is 2.05 bits per heavy atom. The van der Waals surface area contributed by atoms with Gasteiger partial charge in [-0.1, -0.05) is 6.07 Å². The van der Waals surface area contributed by atoms with Crippen molar-refractivity contribution in [1.29, 1.82) is 0 Å². The van der Waals surface area contributed by atoms with E-state index in [9.17, 15) is 8.42 Å². The highest BCUT2D eigenvalue weighted by atomic mass is 79.9. The second-order valence-electron chi connectivity index (χ2n) is 4.48. The van der Waals surface area contributed by atoms with E-state index >= 15 is 0 Å². The average molecular weight is 375 g/mol. The fourth-order valence-electron chi connectivity index (χ4n) is 1.94. The third kappa shape index (κ3) is 3.22. The maximum atomic E-state index is 12.4. The van der Waals surface area contributed by atoms with E-state index in [1.807, 2.05) is 11.4 Å². The number of nitrogen functional groups attached to an aromatic ring is 1. The Labute approximate surface area is 131 Å². The lowest BCUT2D eigenvalue weighted by Crippen LogP contribution is -2.24. The number of aryl methyl sites for hydroxylation is 1. The fraction of sp³-hybridized carbons (Fsp3) is 0.231. The number of thiophene rings is 1. The molecule has 2 rings (SSSR count). The molecular weight excluding hydrogens is 360 g/mol. The summed E-state index contributed by atoms with van der Waals surface area (Å²) in [7, 11) is -3.57. The second kappa shape index (κ2) is 5.85. The molecule has 4 nitrogen and oxygen atoms in total. The Hall–Kier alpha value is -0.890. The van der Waals surface area contributed by atoms with Gasteiger partial charge in [-0.3, -0.25) is 0 Å². The van der Waals surface area contributed by atoms with Crippen LogP contribution in [0.3, 0.4) is 0 Å². The molecule has 0 amide bonds. The predicted octanol–water partition coefficient (Wildman–Crippen LogP) is 3.19. The predicted molar refractivity (Wildman–Crippen MR) is 86.4 cm³/mol. The number of rotatable bonds is 4. The highest BCUT2D eigenvalue weighted by Crippen LogP contribution is 2.25. The maximum absolute atomic E-state index is 12.4. The Bertz CT molecular complexity index is 739. The quantitative estimate of drug-likeness (QED) is 0.807. The highest BCUT2D eigenvalue weighted by Gasteiger charge is 2.20. The van der Waals surface area contributed by atoms with Crippen molar-refractivity contribution in [2.45, 2.75) is 25.3 Å². The van der Waals surface area contributed by atoms with Gasteiger partial charge in [-0.2, -0.15) is 0 Å². The van der Waals surface area contributed by atoms with E-state index in [4.69, 9.17) is 5.73 Å². The lowest BCUT2D eigenvalue weighted by atomic mass is 10.1. The molecule has 0 fully saturated rings. The molecule has 0 radical (unpaired) electrons. The standard InChI is InChI=1S/C13H15BrN2O2S2/c1-8-3-4-12(15)9(2)13(8)20(17,18)16-6-11-5-10(14)7-19-11/h3-5,7,16H,6,15H2,1-2H3. The zero-order chi connectivity index (χ0) is 14.9. The average Bonchev–Trinajstić information content (AvgIpc) is 2.78. The summed E-state index contributed by atoms with van der Waals surface area (Å²) in [6.07, 6.45) is 0. The fourth-order valence-corrected chi connectivity index (χ4v) is 4.93. The Kier molecular flexibility index (Phi) is 4.53. The van der Waals surface area contributed by atoms with Crippen molar-refractivity contribution in [3.8, 4) is 0 Å². The number of nitrogens with two attached hydrogens (primary N) is 1. The molecular formula is C13H15BrN2O2S2. The lowest BCUT2D eigenvalue weighted by molar-refractivity contribution is 0.580. The van der Waals surface area contributed by atoms with Gasteiger partial charge < -0.3 is 5.73 Å². The first-order valence-electron chi connectivity index (χ1n) is 5.89. The van der Waals surface area contributed by atoms with E-state index in [-0.39, 0.29) is 11.4 Å². The van der Waals surface area contributed by atoms with Gasteiger partial charge in [-0.15, -0.1) is 11.3 Å². The molecule has 0 aliphatic rings. The molecule has 20 heavy (non-hydrogen) atoms. The molecule has 0 atom stereocenters. The number of anilines is 1. The molecule has 108 valence electrons. The van der Waals surface area contributed by atoms with Gasteiger partial charge in [-0.05, 0) is 53.0 Å². The lowest BCUT2D eigenvalue weighted by Gasteiger charge is -2.13. The van der Waals surface area contributed by atoms with Gasteiger partial charge in [0.2, 0.25) is 10.0 Å². The summed E-state index contributed by atoms with van der Waals surface area (Å²) < 4.78 is 28.4. The van der Waals surface area contributed by atoms with Gasteiger partial charge in [0.25, 0.3) is 0 Å². The minimum absolute atomic E-state index is 0.270. The van der Waals surface area contributed by atoms with Crippen molar-refractivity contribution in [2.75, 3.05) is 5.73 Å². The Morgan fingerprint density at radius 3 is 2.65 bits per heavy atom. The zero-order valence-electron chi connectivity index (χ0n) is 11.1. The van der Waals surface area contributed by atoms with Crippen LogP contribution in [0, 0.1) is 13.8 Å². The van der Waals surface area contributed by atoms with Crippen molar-refractivity contribution >= 4 is 43.0 Å². The normalized spacial score (nSPS) is 11.8. The van der Waals surface area contributed by atoms with Gasteiger partial charge in [0.05, 0.1) is 4.90 Å². The van der Waals surface area contributed by atoms with E-state index in [1.165, 1.54) is 11.3 Å². The first kappa shape index (κ1) is 15.5. The molecule has 1 aromatic heterocycles. The molecule has 0 unspecified atom stereocenters. The minimum atomic E-state index is -3.57. The number of sulfonamides is 1. The summed E-state index contributed by atoms with van der Waals surface area (Å²) in [5.41, 5.74) is 7.56. The molecule has 1 aromatic carbocycles. The molecule has 7 heteroatoms. The van der Waals surface area contributed by atoms with Crippen LogP contribution >= 0.6 is 27.3 Å². The molecule has 0 saturated heterocycles. The van der Waals surface area contributed by atoms with Crippen molar-refractivity contribution in [3.63, 3.8) is 0 Å². The van der Waals surface area contributed by atoms with Gasteiger partial charge >= 0.3 is 0 Å². The van der Waals surface area contributed by atoms with Gasteiger partial charge in [-0.25, -0.2) is 13.1 Å². The van der Waals surface area contributed by atoms with Crippen molar-refractivity contribution < 1.29 is 8.42 Å². The van der Waals surface area contributed by atoms with Crippen LogP contribution in [-0.2, 0) is 16.6 Å². The van der Waals surface area contributed by atoms with Crippen LogP contribution in [0.5, 0.6) is 0 Å². The number of halogens is 1. The third-order valence-corrected chi connectivity index (χ3v) is 6.36. The van der Waals surface area contributed by atoms with E-state index < -0.39 is 10.0 Å². The first-order chi connectivity index (χ1) is 9.31. The largest absolute Gasteiger partial charge is 0.398 e. The topological polar surface area (TPSA) is 72.2 Å². The van der Waals surface area contributed by atoms with Crippen LogP contribution in [0.1, 0.15) is 16.0 Å².